The van der Waals surface area contributed by atoms with Crippen molar-refractivity contribution in [2.75, 3.05) is 18.8 Å². The lowest BCUT2D eigenvalue weighted by molar-refractivity contribution is 0.310. The highest BCUT2D eigenvalue weighted by Gasteiger charge is 2.46. The second kappa shape index (κ2) is 4.15. The van der Waals surface area contributed by atoms with Crippen molar-refractivity contribution in [3.8, 4) is 0 Å². The monoisotopic (exact) mass is 293 g/mol. The Hall–Kier alpha value is -0.240. The summed E-state index contributed by atoms with van der Waals surface area (Å²) < 4.78 is 27.9. The Labute approximate surface area is 109 Å². The number of fused-ring (bicyclic) bond motifs is 1. The van der Waals surface area contributed by atoms with Gasteiger partial charge in [-0.1, -0.05) is 16.1 Å². The van der Waals surface area contributed by atoms with Gasteiger partial charge in [-0.25, -0.2) is 8.42 Å². The molecule has 2 fully saturated rings. The lowest BCUT2D eigenvalue weighted by Gasteiger charge is -2.14. The van der Waals surface area contributed by atoms with E-state index in [2.05, 4.69) is 14.5 Å². The molecule has 1 aromatic heterocycles. The lowest BCUT2D eigenvalue weighted by Crippen LogP contribution is -2.26. The molecular formula is C9H12ClN3O2S2. The van der Waals surface area contributed by atoms with Gasteiger partial charge in [0.15, 0.2) is 9.84 Å². The molecule has 2 atom stereocenters. The molecular weight excluding hydrogens is 282 g/mol. The second-order valence-corrected chi connectivity index (χ2v) is 8.34. The summed E-state index contributed by atoms with van der Waals surface area (Å²) in [7, 11) is -2.85. The summed E-state index contributed by atoms with van der Waals surface area (Å²) in [4.78, 5) is 2.12. The number of sulfone groups is 1. The maximum Gasteiger partial charge on any atom is 0.154 e. The van der Waals surface area contributed by atoms with Crippen LogP contribution in [0.5, 0.6) is 0 Å². The Bertz CT molecular complexity index is 530. The van der Waals surface area contributed by atoms with E-state index in [0.717, 1.165) is 18.7 Å². The van der Waals surface area contributed by atoms with Crippen molar-refractivity contribution in [1.82, 2.24) is 14.5 Å². The average molecular weight is 294 g/mol. The molecule has 1 aromatic rings. The van der Waals surface area contributed by atoms with E-state index in [1.807, 2.05) is 0 Å². The Morgan fingerprint density at radius 2 is 2.29 bits per heavy atom. The molecule has 94 valence electrons. The predicted molar refractivity (Wildman–Crippen MR) is 65.9 cm³/mol. The third kappa shape index (κ3) is 2.09. The van der Waals surface area contributed by atoms with Crippen LogP contribution < -0.4 is 0 Å². The molecule has 0 radical (unpaired) electrons. The molecule has 0 amide bonds. The molecule has 17 heavy (non-hydrogen) atoms. The van der Waals surface area contributed by atoms with Crippen LogP contribution in [0.25, 0.3) is 0 Å². The molecule has 0 bridgehead atoms. The average Bonchev–Trinajstić information content (AvgIpc) is 2.90. The van der Waals surface area contributed by atoms with Gasteiger partial charge in [-0.2, -0.15) is 0 Å². The zero-order valence-corrected chi connectivity index (χ0v) is 11.4. The van der Waals surface area contributed by atoms with Crippen molar-refractivity contribution in [1.29, 1.82) is 0 Å². The third-order valence-electron chi connectivity index (χ3n) is 3.57. The first-order chi connectivity index (χ1) is 8.06. The van der Waals surface area contributed by atoms with Gasteiger partial charge < -0.3 is 0 Å². The van der Waals surface area contributed by atoms with Gasteiger partial charge in [-0.3, -0.25) is 4.90 Å². The SMILES string of the molecule is O=S1(=O)CC[C@H]2CN(Cc3nnsc3Cl)C[C@H]21. The topological polar surface area (TPSA) is 63.2 Å². The highest BCUT2D eigenvalue weighted by atomic mass is 35.5. The Morgan fingerprint density at radius 3 is 2.94 bits per heavy atom. The first-order valence-electron chi connectivity index (χ1n) is 5.47. The molecule has 0 saturated carbocycles. The Balaban J connectivity index is 1.72. The lowest BCUT2D eigenvalue weighted by atomic mass is 10.1. The normalized spacial score (nSPS) is 31.8. The molecule has 8 heteroatoms. The molecule has 2 aliphatic rings. The van der Waals surface area contributed by atoms with Crippen LogP contribution in [0.3, 0.4) is 0 Å². The molecule has 3 rings (SSSR count). The number of halogens is 1. The molecule has 0 spiro atoms. The smallest absolute Gasteiger partial charge is 0.154 e. The molecule has 0 aliphatic carbocycles. The van der Waals surface area contributed by atoms with Crippen LogP contribution in [-0.2, 0) is 16.4 Å². The van der Waals surface area contributed by atoms with Gasteiger partial charge >= 0.3 is 0 Å². The first kappa shape index (κ1) is 11.8. The van der Waals surface area contributed by atoms with E-state index in [4.69, 9.17) is 11.6 Å². The van der Waals surface area contributed by atoms with E-state index in [9.17, 15) is 8.42 Å². The number of nitrogens with zero attached hydrogens (tertiary/aromatic N) is 3. The molecule has 0 unspecified atom stereocenters. The minimum atomic E-state index is -2.85. The van der Waals surface area contributed by atoms with E-state index >= 15 is 0 Å². The van der Waals surface area contributed by atoms with Gasteiger partial charge in [0.05, 0.1) is 11.0 Å². The fourth-order valence-electron chi connectivity index (χ4n) is 2.71. The van der Waals surface area contributed by atoms with Crippen LogP contribution in [0.4, 0.5) is 0 Å². The van der Waals surface area contributed by atoms with E-state index in [1.165, 1.54) is 11.5 Å². The molecule has 5 nitrogen and oxygen atoms in total. The number of hydrogen-bond donors (Lipinski definition) is 0. The highest BCUT2D eigenvalue weighted by Crippen LogP contribution is 2.34. The van der Waals surface area contributed by atoms with Crippen LogP contribution in [0.2, 0.25) is 4.34 Å². The maximum absolute atomic E-state index is 11.8. The van der Waals surface area contributed by atoms with Crippen LogP contribution in [0.15, 0.2) is 0 Å². The summed E-state index contributed by atoms with van der Waals surface area (Å²) >= 11 is 7.11. The minimum absolute atomic E-state index is 0.173. The van der Waals surface area contributed by atoms with Gasteiger partial charge in [0.1, 0.15) is 10.0 Å². The largest absolute Gasteiger partial charge is 0.296 e. The summed E-state index contributed by atoms with van der Waals surface area (Å²) in [6.07, 6.45) is 0.798. The summed E-state index contributed by atoms with van der Waals surface area (Å²) in [5.74, 6) is 0.653. The number of likely N-dealkylation sites (tertiary alicyclic amines) is 1. The van der Waals surface area contributed by atoms with Crippen LogP contribution in [-0.4, -0.2) is 47.0 Å². The Morgan fingerprint density at radius 1 is 1.47 bits per heavy atom. The van der Waals surface area contributed by atoms with Crippen molar-refractivity contribution < 1.29 is 8.42 Å². The quantitative estimate of drug-likeness (QED) is 0.807. The van der Waals surface area contributed by atoms with Gasteiger partial charge in [-0.15, -0.1) is 5.10 Å². The van der Waals surface area contributed by atoms with Crippen molar-refractivity contribution in [3.05, 3.63) is 10.0 Å². The maximum atomic E-state index is 11.8. The van der Waals surface area contributed by atoms with Crippen molar-refractivity contribution >= 4 is 33.0 Å². The summed E-state index contributed by atoms with van der Waals surface area (Å²) in [6, 6.07) is 0. The predicted octanol–water partition coefficient (Wildman–Crippen LogP) is 0.810. The molecule has 2 saturated heterocycles. The van der Waals surface area contributed by atoms with Crippen LogP contribution in [0.1, 0.15) is 12.1 Å². The number of aromatic nitrogens is 2. The number of rotatable bonds is 2. The van der Waals surface area contributed by atoms with Crippen molar-refractivity contribution in [2.45, 2.75) is 18.2 Å². The summed E-state index contributed by atoms with van der Waals surface area (Å²) in [5.41, 5.74) is 0.758. The standard InChI is InChI=1S/C9H12ClN3O2S2/c10-9-7(11-12-16-9)4-13-3-6-1-2-17(14,15)8(6)5-13/h6,8H,1-5H2/t6-,8+/m0/s1. The summed E-state index contributed by atoms with van der Waals surface area (Å²) in [5, 5.41) is 3.78. The first-order valence-corrected chi connectivity index (χ1v) is 8.33. The Kier molecular flexibility index (Phi) is 2.89. The zero-order valence-electron chi connectivity index (χ0n) is 9.04. The molecule has 2 aliphatic heterocycles. The van der Waals surface area contributed by atoms with Crippen molar-refractivity contribution in [3.63, 3.8) is 0 Å². The highest BCUT2D eigenvalue weighted by molar-refractivity contribution is 7.92. The fourth-order valence-corrected chi connectivity index (χ4v) is 5.50. The van der Waals surface area contributed by atoms with Gasteiger partial charge in [0.25, 0.3) is 0 Å². The van der Waals surface area contributed by atoms with Crippen molar-refractivity contribution in [2.24, 2.45) is 5.92 Å². The van der Waals surface area contributed by atoms with E-state index in [1.54, 1.807) is 0 Å². The van der Waals surface area contributed by atoms with Gasteiger partial charge in [0.2, 0.25) is 0 Å². The molecule has 3 heterocycles. The summed E-state index contributed by atoms with van der Waals surface area (Å²) in [6.45, 7) is 2.05. The zero-order chi connectivity index (χ0) is 12.0. The minimum Gasteiger partial charge on any atom is -0.296 e. The van der Waals surface area contributed by atoms with Crippen LogP contribution in [0, 0.1) is 5.92 Å². The van der Waals surface area contributed by atoms with Crippen LogP contribution >= 0.6 is 23.1 Å². The fraction of sp³-hybridized carbons (Fsp3) is 0.778. The van der Waals surface area contributed by atoms with Gasteiger partial charge in [0, 0.05) is 31.2 Å². The molecule has 0 N–H and O–H groups in total. The number of hydrogen-bond acceptors (Lipinski definition) is 6. The van der Waals surface area contributed by atoms with Gasteiger partial charge in [-0.05, 0) is 12.3 Å². The van der Waals surface area contributed by atoms with E-state index in [-0.39, 0.29) is 5.25 Å². The molecule has 0 aromatic carbocycles. The van der Waals surface area contributed by atoms with E-state index in [0.29, 0.717) is 29.1 Å². The van der Waals surface area contributed by atoms with E-state index < -0.39 is 9.84 Å². The second-order valence-electron chi connectivity index (χ2n) is 4.64. The third-order valence-corrected chi connectivity index (χ3v) is 6.82.